The second-order valence-corrected chi connectivity index (χ2v) is 6.75. The normalized spacial score (nSPS) is 13.6. The first-order valence-corrected chi connectivity index (χ1v) is 10.1. The number of ether oxygens (including phenoxy) is 1. The molecule has 0 bridgehead atoms. The number of hydrogen-bond donors (Lipinski definition) is 2. The molecule has 2 aromatic rings. The zero-order chi connectivity index (χ0) is 21.4. The van der Waals surface area contributed by atoms with E-state index in [1.165, 1.54) is 0 Å². The van der Waals surface area contributed by atoms with Gasteiger partial charge >= 0.3 is 6.03 Å². The molecular formula is C23H32N3O3+. The van der Waals surface area contributed by atoms with Gasteiger partial charge in [-0.1, -0.05) is 38.1 Å². The summed E-state index contributed by atoms with van der Waals surface area (Å²) >= 11 is 0. The van der Waals surface area contributed by atoms with Crippen molar-refractivity contribution in [3.8, 4) is 5.75 Å². The molecule has 2 aromatic carbocycles. The minimum absolute atomic E-state index is 0.0382. The van der Waals surface area contributed by atoms with Crippen LogP contribution < -0.4 is 10.1 Å². The first-order valence-electron chi connectivity index (χ1n) is 10.1. The maximum Gasteiger partial charge on any atom is 0.317 e. The van der Waals surface area contributed by atoms with Crippen LogP contribution >= 0.6 is 0 Å². The van der Waals surface area contributed by atoms with Crippen LogP contribution in [0.5, 0.6) is 5.75 Å². The van der Waals surface area contributed by atoms with Crippen molar-refractivity contribution in [2.24, 2.45) is 0 Å². The zero-order valence-electron chi connectivity index (χ0n) is 18.0. The van der Waals surface area contributed by atoms with Gasteiger partial charge in [-0.25, -0.2) is 4.79 Å². The number of urea groups is 1. The van der Waals surface area contributed by atoms with Crippen molar-refractivity contribution in [2.45, 2.75) is 34.6 Å². The second kappa shape index (κ2) is 10.5. The fourth-order valence-electron chi connectivity index (χ4n) is 3.36. The highest BCUT2D eigenvalue weighted by Crippen LogP contribution is 2.28. The lowest BCUT2D eigenvalue weighted by Gasteiger charge is -2.18. The Balaban J connectivity index is 0.00000145. The average Bonchev–Trinajstić information content (AvgIpc) is 3.14. The predicted molar refractivity (Wildman–Crippen MR) is 116 cm³/mol. The van der Waals surface area contributed by atoms with E-state index >= 15 is 0 Å². The van der Waals surface area contributed by atoms with Crippen LogP contribution in [0.1, 0.15) is 36.1 Å². The number of rotatable bonds is 6. The SMILES string of the molecule is CC.Cc1cc(C)c(OCCN2CCNC2=O)c(C)c1C=[N+](O)c1ccccc1. The van der Waals surface area contributed by atoms with Gasteiger partial charge in [0.15, 0.2) is 0 Å². The Kier molecular flexibility index (Phi) is 8.07. The first-order chi connectivity index (χ1) is 14.0. The quantitative estimate of drug-likeness (QED) is 0.332. The summed E-state index contributed by atoms with van der Waals surface area (Å²) in [5, 5.41) is 13.2. The van der Waals surface area contributed by atoms with E-state index < -0.39 is 0 Å². The molecule has 0 atom stereocenters. The molecule has 2 N–H and O–H groups in total. The minimum Gasteiger partial charge on any atom is -0.491 e. The highest BCUT2D eigenvalue weighted by Gasteiger charge is 2.20. The molecule has 0 radical (unpaired) electrons. The topological polar surface area (TPSA) is 64.8 Å². The Morgan fingerprint density at radius 1 is 1.17 bits per heavy atom. The van der Waals surface area contributed by atoms with Gasteiger partial charge in [0.2, 0.25) is 6.21 Å². The second-order valence-electron chi connectivity index (χ2n) is 6.75. The highest BCUT2D eigenvalue weighted by molar-refractivity contribution is 5.82. The molecule has 6 heteroatoms. The number of carbonyl (C=O) groups excluding carboxylic acids is 1. The standard InChI is InChI=1S/C21H25N3O3.C2H6/c1-15-13-16(2)20(27-12-11-23-10-9-22-21(23)25)17(3)19(15)14-24(26)18-7-5-4-6-8-18;1-2/h4-8,13-14H,9-12H2,1-3H3,(H-,22,25,26);1-2H3/p+1. The lowest BCUT2D eigenvalue weighted by Crippen LogP contribution is -2.32. The van der Waals surface area contributed by atoms with E-state index in [0.29, 0.717) is 31.9 Å². The van der Waals surface area contributed by atoms with Crippen molar-refractivity contribution in [1.82, 2.24) is 10.2 Å². The van der Waals surface area contributed by atoms with Crippen LogP contribution in [-0.4, -0.2) is 53.3 Å². The lowest BCUT2D eigenvalue weighted by molar-refractivity contribution is -0.709. The molecule has 2 amide bonds. The number of benzene rings is 2. The summed E-state index contributed by atoms with van der Waals surface area (Å²) in [5.41, 5.74) is 4.68. The summed E-state index contributed by atoms with van der Waals surface area (Å²) in [7, 11) is 0. The van der Waals surface area contributed by atoms with Crippen LogP contribution in [0, 0.1) is 20.8 Å². The van der Waals surface area contributed by atoms with Gasteiger partial charge in [0.05, 0.1) is 12.1 Å². The summed E-state index contributed by atoms with van der Waals surface area (Å²) in [6, 6.07) is 11.4. The van der Waals surface area contributed by atoms with E-state index in [0.717, 1.165) is 32.7 Å². The Morgan fingerprint density at radius 2 is 1.86 bits per heavy atom. The van der Waals surface area contributed by atoms with Gasteiger partial charge in [-0.15, -0.1) is 0 Å². The third-order valence-electron chi connectivity index (χ3n) is 4.79. The molecule has 1 aliphatic rings. The fraction of sp³-hybridized carbons (Fsp3) is 0.391. The van der Waals surface area contributed by atoms with Gasteiger partial charge in [0, 0.05) is 35.5 Å². The Bertz CT molecular complexity index is 863. The third kappa shape index (κ3) is 5.50. The van der Waals surface area contributed by atoms with Crippen molar-refractivity contribution in [3.05, 3.63) is 58.7 Å². The molecule has 1 heterocycles. The number of para-hydroxylation sites is 1. The summed E-state index contributed by atoms with van der Waals surface area (Å²) in [4.78, 5) is 13.4. The fourth-order valence-corrected chi connectivity index (χ4v) is 3.36. The molecule has 0 spiro atoms. The first kappa shape index (κ1) is 22.3. The zero-order valence-corrected chi connectivity index (χ0v) is 18.0. The average molecular weight is 399 g/mol. The smallest absolute Gasteiger partial charge is 0.317 e. The lowest BCUT2D eigenvalue weighted by atomic mass is 9.99. The molecule has 0 aromatic heterocycles. The summed E-state index contributed by atoms with van der Waals surface area (Å²) in [6.45, 7) is 12.4. The van der Waals surface area contributed by atoms with E-state index in [2.05, 4.69) is 11.4 Å². The molecule has 6 nitrogen and oxygen atoms in total. The highest BCUT2D eigenvalue weighted by atomic mass is 16.5. The Morgan fingerprint density at radius 3 is 2.48 bits per heavy atom. The van der Waals surface area contributed by atoms with Crippen LogP contribution in [-0.2, 0) is 0 Å². The van der Waals surface area contributed by atoms with Crippen LogP contribution in [0.2, 0.25) is 0 Å². The van der Waals surface area contributed by atoms with Crippen molar-refractivity contribution in [2.75, 3.05) is 26.2 Å². The molecule has 156 valence electrons. The summed E-state index contributed by atoms with van der Waals surface area (Å²) in [6.07, 6.45) is 1.71. The molecular weight excluding hydrogens is 366 g/mol. The summed E-state index contributed by atoms with van der Waals surface area (Å²) in [5.74, 6) is 0.799. The number of aryl methyl sites for hydroxylation is 2. The van der Waals surface area contributed by atoms with Crippen LogP contribution in [0.25, 0.3) is 0 Å². The molecule has 0 aliphatic carbocycles. The summed E-state index contributed by atoms with van der Waals surface area (Å²) < 4.78 is 7.15. The number of hydrogen-bond acceptors (Lipinski definition) is 3. The molecule has 1 aliphatic heterocycles. The van der Waals surface area contributed by atoms with E-state index in [1.807, 2.05) is 65.0 Å². The van der Waals surface area contributed by atoms with Crippen molar-refractivity contribution >= 4 is 17.9 Å². The number of amides is 2. The van der Waals surface area contributed by atoms with Crippen LogP contribution in [0.15, 0.2) is 36.4 Å². The van der Waals surface area contributed by atoms with Crippen LogP contribution in [0.4, 0.5) is 10.5 Å². The predicted octanol–water partition coefficient (Wildman–Crippen LogP) is 4.19. The van der Waals surface area contributed by atoms with Crippen molar-refractivity contribution in [1.29, 1.82) is 0 Å². The van der Waals surface area contributed by atoms with Gasteiger partial charge in [-0.05, 0) is 31.9 Å². The molecule has 29 heavy (non-hydrogen) atoms. The molecule has 0 unspecified atom stereocenters. The van der Waals surface area contributed by atoms with E-state index in [1.54, 1.807) is 11.1 Å². The number of nitrogens with zero attached hydrogens (tertiary/aromatic N) is 2. The van der Waals surface area contributed by atoms with Gasteiger partial charge in [0.1, 0.15) is 12.4 Å². The molecule has 0 saturated carbocycles. The van der Waals surface area contributed by atoms with E-state index in [-0.39, 0.29) is 6.03 Å². The maximum absolute atomic E-state index is 11.6. The van der Waals surface area contributed by atoms with Gasteiger partial charge in [-0.2, -0.15) is 0 Å². The number of carbonyl (C=O) groups is 1. The third-order valence-corrected chi connectivity index (χ3v) is 4.79. The van der Waals surface area contributed by atoms with Crippen molar-refractivity contribution in [3.63, 3.8) is 0 Å². The Hall–Kier alpha value is -3.02. The monoisotopic (exact) mass is 398 g/mol. The van der Waals surface area contributed by atoms with Gasteiger partial charge < -0.3 is 15.0 Å². The maximum atomic E-state index is 11.6. The van der Waals surface area contributed by atoms with Gasteiger partial charge in [0.25, 0.3) is 5.69 Å². The van der Waals surface area contributed by atoms with Crippen molar-refractivity contribution < 1.29 is 19.5 Å². The number of nitrogens with one attached hydrogen (secondary N) is 1. The molecule has 1 saturated heterocycles. The molecule has 1 fully saturated rings. The van der Waals surface area contributed by atoms with Crippen LogP contribution in [0.3, 0.4) is 0 Å². The molecule has 3 rings (SSSR count). The van der Waals surface area contributed by atoms with E-state index in [4.69, 9.17) is 4.74 Å². The minimum atomic E-state index is -0.0382. The Labute approximate surface area is 173 Å². The largest absolute Gasteiger partial charge is 0.491 e. The van der Waals surface area contributed by atoms with E-state index in [9.17, 15) is 10.0 Å². The van der Waals surface area contributed by atoms with Gasteiger partial charge in [-0.3, -0.25) is 5.21 Å².